The fourth-order valence-corrected chi connectivity index (χ4v) is 5.10. The summed E-state index contributed by atoms with van der Waals surface area (Å²) in [5.74, 6) is 0. The van der Waals surface area contributed by atoms with Crippen LogP contribution in [0.1, 0.15) is 16.7 Å². The van der Waals surface area contributed by atoms with Crippen LogP contribution in [0.4, 0.5) is 18.9 Å². The maximum atomic E-state index is 13.3. The van der Waals surface area contributed by atoms with Crippen molar-refractivity contribution in [1.29, 1.82) is 0 Å². The highest BCUT2D eigenvalue weighted by atomic mass is 32.2. The third kappa shape index (κ3) is 4.91. The molecule has 0 aromatic heterocycles. The summed E-state index contributed by atoms with van der Waals surface area (Å²) >= 11 is 0. The van der Waals surface area contributed by atoms with Crippen LogP contribution in [0, 0.1) is 0 Å². The zero-order valence-electron chi connectivity index (χ0n) is 16.5. The number of hydrogen-bond acceptors (Lipinski definition) is 3. The number of hydrogen-bond donors (Lipinski definition) is 1. The molecule has 31 heavy (non-hydrogen) atoms. The van der Waals surface area contributed by atoms with Gasteiger partial charge >= 0.3 is 6.18 Å². The van der Waals surface area contributed by atoms with Crippen molar-refractivity contribution in [2.24, 2.45) is 0 Å². The van der Waals surface area contributed by atoms with Crippen molar-refractivity contribution in [1.82, 2.24) is 4.72 Å². The molecule has 0 bridgehead atoms. The molecule has 8 heteroatoms. The molecule has 0 radical (unpaired) electrons. The largest absolute Gasteiger partial charge is 0.416 e. The first kappa shape index (κ1) is 21.4. The third-order valence-electron chi connectivity index (χ3n) is 5.25. The average Bonchev–Trinajstić information content (AvgIpc) is 2.74. The second kappa shape index (κ2) is 8.36. The highest BCUT2D eigenvalue weighted by molar-refractivity contribution is 7.89. The molecule has 0 saturated carbocycles. The molecule has 1 heterocycles. The molecule has 1 aliphatic rings. The van der Waals surface area contributed by atoms with Crippen LogP contribution in [-0.2, 0) is 29.2 Å². The summed E-state index contributed by atoms with van der Waals surface area (Å²) in [6, 6.07) is 20.6. The maximum Gasteiger partial charge on any atom is 0.416 e. The predicted octanol–water partition coefficient (Wildman–Crippen LogP) is 4.62. The van der Waals surface area contributed by atoms with Crippen molar-refractivity contribution < 1.29 is 21.6 Å². The van der Waals surface area contributed by atoms with Crippen molar-refractivity contribution in [3.8, 4) is 0 Å². The monoisotopic (exact) mass is 446 g/mol. The number of sulfonamides is 1. The van der Waals surface area contributed by atoms with E-state index in [0.29, 0.717) is 24.3 Å². The highest BCUT2D eigenvalue weighted by Gasteiger charge is 2.34. The summed E-state index contributed by atoms with van der Waals surface area (Å²) in [5.41, 5.74) is 1.40. The van der Waals surface area contributed by atoms with Crippen LogP contribution in [-0.4, -0.2) is 21.0 Å². The van der Waals surface area contributed by atoms with E-state index < -0.39 is 27.8 Å². The second-order valence-corrected chi connectivity index (χ2v) is 9.26. The molecule has 1 aliphatic heterocycles. The summed E-state index contributed by atoms with van der Waals surface area (Å²) in [7, 11) is -3.80. The Labute approximate surface area is 179 Å². The number of halogens is 3. The lowest BCUT2D eigenvalue weighted by molar-refractivity contribution is -0.137. The number of benzene rings is 3. The Morgan fingerprint density at radius 1 is 0.935 bits per heavy atom. The molecule has 3 aromatic rings. The van der Waals surface area contributed by atoms with Crippen LogP contribution in [0.5, 0.6) is 0 Å². The lowest BCUT2D eigenvalue weighted by Gasteiger charge is -2.37. The summed E-state index contributed by atoms with van der Waals surface area (Å²) < 4.78 is 68.1. The summed E-state index contributed by atoms with van der Waals surface area (Å²) in [4.78, 5) is 2.05. The molecule has 4 rings (SSSR count). The number of nitrogens with zero attached hydrogens (tertiary/aromatic N) is 1. The fourth-order valence-electron chi connectivity index (χ4n) is 3.85. The quantitative estimate of drug-likeness (QED) is 0.623. The van der Waals surface area contributed by atoms with Crippen LogP contribution in [0.2, 0.25) is 0 Å². The van der Waals surface area contributed by atoms with E-state index in [1.165, 1.54) is 18.2 Å². The number of nitrogens with one attached hydrogen (secondary N) is 1. The molecule has 0 amide bonds. The van der Waals surface area contributed by atoms with E-state index in [9.17, 15) is 21.6 Å². The van der Waals surface area contributed by atoms with Crippen molar-refractivity contribution >= 4 is 15.7 Å². The minimum absolute atomic E-state index is 0.124. The van der Waals surface area contributed by atoms with Crippen LogP contribution < -0.4 is 9.62 Å². The van der Waals surface area contributed by atoms with Crippen molar-refractivity contribution in [3.05, 3.63) is 95.6 Å². The third-order valence-corrected chi connectivity index (χ3v) is 6.78. The lowest BCUT2D eigenvalue weighted by Crippen LogP contribution is -2.48. The highest BCUT2D eigenvalue weighted by Crippen LogP contribution is 2.36. The van der Waals surface area contributed by atoms with E-state index in [2.05, 4.69) is 4.72 Å². The summed E-state index contributed by atoms with van der Waals surface area (Å²) in [5, 5.41) is 0. The van der Waals surface area contributed by atoms with Gasteiger partial charge in [0.05, 0.1) is 10.5 Å². The molecule has 0 fully saturated rings. The first-order chi connectivity index (χ1) is 14.7. The standard InChI is InChI=1S/C23H21F3N2O2S/c24-23(25,26)19-11-12-22-18(13-19)14-20(16-28(22)15-17-7-3-1-4-8-17)27-31(29,30)21-9-5-2-6-10-21/h1-13,20,27H,14-16H2/t20-/m0/s1. The first-order valence-electron chi connectivity index (χ1n) is 9.79. The van der Waals surface area contributed by atoms with E-state index >= 15 is 0 Å². The Kier molecular flexibility index (Phi) is 5.77. The zero-order valence-corrected chi connectivity index (χ0v) is 17.3. The van der Waals surface area contributed by atoms with Gasteiger partial charge in [0.15, 0.2) is 0 Å². The van der Waals surface area contributed by atoms with Crippen molar-refractivity contribution in [2.45, 2.75) is 30.1 Å². The molecular formula is C23H21F3N2O2S. The van der Waals surface area contributed by atoms with E-state index in [1.807, 2.05) is 35.2 Å². The molecule has 162 valence electrons. The normalized spacial score (nSPS) is 16.7. The van der Waals surface area contributed by atoms with Gasteiger partial charge in [0.1, 0.15) is 0 Å². The van der Waals surface area contributed by atoms with Gasteiger partial charge in [0.2, 0.25) is 10.0 Å². The Hall–Kier alpha value is -2.84. The van der Waals surface area contributed by atoms with Crippen molar-refractivity contribution in [3.63, 3.8) is 0 Å². The van der Waals surface area contributed by atoms with Gasteiger partial charge in [-0.3, -0.25) is 0 Å². The minimum Gasteiger partial charge on any atom is -0.365 e. The topological polar surface area (TPSA) is 49.4 Å². The second-order valence-electron chi connectivity index (χ2n) is 7.54. The summed E-state index contributed by atoms with van der Waals surface area (Å²) in [6.45, 7) is 0.808. The Bertz CT molecular complexity index is 1150. The molecule has 0 spiro atoms. The minimum atomic E-state index is -4.46. The smallest absolute Gasteiger partial charge is 0.365 e. The van der Waals surface area contributed by atoms with Gasteiger partial charge in [-0.1, -0.05) is 48.5 Å². The average molecular weight is 446 g/mol. The Morgan fingerprint density at radius 2 is 1.58 bits per heavy atom. The van der Waals surface area contributed by atoms with Crippen LogP contribution >= 0.6 is 0 Å². The van der Waals surface area contributed by atoms with Crippen LogP contribution in [0.15, 0.2) is 83.8 Å². The number of anilines is 1. The van der Waals surface area contributed by atoms with Gasteiger partial charge in [0.25, 0.3) is 0 Å². The van der Waals surface area contributed by atoms with E-state index in [0.717, 1.165) is 17.7 Å². The summed E-state index contributed by atoms with van der Waals surface area (Å²) in [6.07, 6.45) is -4.29. The SMILES string of the molecule is O=S(=O)(N[C@H]1Cc2cc(C(F)(F)F)ccc2N(Cc2ccccc2)C1)c1ccccc1. The first-order valence-corrected chi connectivity index (χ1v) is 11.3. The van der Waals surface area contributed by atoms with Crippen LogP contribution in [0.25, 0.3) is 0 Å². The van der Waals surface area contributed by atoms with Gasteiger partial charge < -0.3 is 4.90 Å². The van der Waals surface area contributed by atoms with Gasteiger partial charge in [-0.05, 0) is 47.9 Å². The number of rotatable bonds is 5. The Morgan fingerprint density at radius 3 is 2.23 bits per heavy atom. The lowest BCUT2D eigenvalue weighted by atomic mass is 9.95. The van der Waals surface area contributed by atoms with Gasteiger partial charge in [-0.2, -0.15) is 13.2 Å². The molecular weight excluding hydrogens is 425 g/mol. The molecule has 0 saturated heterocycles. The number of alkyl halides is 3. The van der Waals surface area contributed by atoms with E-state index in [1.54, 1.807) is 18.2 Å². The fraction of sp³-hybridized carbons (Fsp3) is 0.217. The number of fused-ring (bicyclic) bond motifs is 1. The van der Waals surface area contributed by atoms with E-state index in [4.69, 9.17) is 0 Å². The molecule has 1 N–H and O–H groups in total. The maximum absolute atomic E-state index is 13.3. The Balaban J connectivity index is 1.66. The van der Waals surface area contributed by atoms with Crippen molar-refractivity contribution in [2.75, 3.05) is 11.4 Å². The molecule has 0 unspecified atom stereocenters. The molecule has 3 aromatic carbocycles. The molecule has 4 nitrogen and oxygen atoms in total. The predicted molar refractivity (Wildman–Crippen MR) is 113 cm³/mol. The molecule has 1 atom stereocenters. The molecule has 0 aliphatic carbocycles. The zero-order chi connectivity index (χ0) is 22.1. The van der Waals surface area contributed by atoms with Gasteiger partial charge in [0, 0.05) is 24.8 Å². The van der Waals surface area contributed by atoms with Crippen LogP contribution in [0.3, 0.4) is 0 Å². The van der Waals surface area contributed by atoms with Gasteiger partial charge in [-0.25, -0.2) is 13.1 Å². The van der Waals surface area contributed by atoms with E-state index in [-0.39, 0.29) is 11.3 Å². The van der Waals surface area contributed by atoms with Gasteiger partial charge in [-0.15, -0.1) is 0 Å².